The molecule has 2 atom stereocenters. The summed E-state index contributed by atoms with van der Waals surface area (Å²) in [5.41, 5.74) is 1.53. The number of carbonyl (C=O) groups is 1. The van der Waals surface area contributed by atoms with E-state index in [-0.39, 0.29) is 18.0 Å². The number of fused-ring (bicyclic) bond motifs is 2. The van der Waals surface area contributed by atoms with Crippen LogP contribution in [0.3, 0.4) is 0 Å². The average Bonchev–Trinajstić information content (AvgIpc) is 3.14. The first-order chi connectivity index (χ1) is 15.0. The number of thiazole rings is 1. The summed E-state index contributed by atoms with van der Waals surface area (Å²) in [6.07, 6.45) is 3.20. The molecule has 0 unspecified atom stereocenters. The summed E-state index contributed by atoms with van der Waals surface area (Å²) in [7, 11) is 0. The SMILES string of the molecule is Cc1nc(C(=O)N2C3CC(C3)[C@@H](C)[C@@H]2COc2ccc(F)cn2)c(-c2ccccc2)s1. The molecule has 31 heavy (non-hydrogen) atoms. The number of nitrogens with zero attached hydrogens (tertiary/aromatic N) is 3. The first-order valence-corrected chi connectivity index (χ1v) is 11.4. The summed E-state index contributed by atoms with van der Waals surface area (Å²) in [5, 5.41) is 0.877. The van der Waals surface area contributed by atoms with E-state index in [9.17, 15) is 9.18 Å². The van der Waals surface area contributed by atoms with E-state index < -0.39 is 5.82 Å². The number of benzene rings is 1. The summed E-state index contributed by atoms with van der Waals surface area (Å²) in [6.45, 7) is 4.46. The minimum atomic E-state index is -0.399. The molecule has 5 nitrogen and oxygen atoms in total. The summed E-state index contributed by atoms with van der Waals surface area (Å²) >= 11 is 1.55. The highest BCUT2D eigenvalue weighted by molar-refractivity contribution is 7.15. The third-order valence-corrected chi connectivity index (χ3v) is 7.58. The predicted octanol–water partition coefficient (Wildman–Crippen LogP) is 4.97. The predicted molar refractivity (Wildman–Crippen MR) is 118 cm³/mol. The molecule has 3 aliphatic rings. The Morgan fingerprint density at radius 2 is 2.00 bits per heavy atom. The van der Waals surface area contributed by atoms with Gasteiger partial charge in [0.25, 0.3) is 5.91 Å². The summed E-state index contributed by atoms with van der Waals surface area (Å²) in [6, 6.07) is 13.0. The Morgan fingerprint density at radius 3 is 2.71 bits per heavy atom. The molecule has 0 N–H and O–H groups in total. The first kappa shape index (κ1) is 20.1. The van der Waals surface area contributed by atoms with Crippen LogP contribution in [0.4, 0.5) is 4.39 Å². The fourth-order valence-electron chi connectivity index (χ4n) is 4.77. The zero-order valence-electron chi connectivity index (χ0n) is 17.5. The van der Waals surface area contributed by atoms with Crippen molar-refractivity contribution in [1.29, 1.82) is 0 Å². The number of halogens is 1. The number of piperidine rings is 2. The van der Waals surface area contributed by atoms with Gasteiger partial charge in [-0.3, -0.25) is 4.79 Å². The molecule has 1 amide bonds. The fourth-order valence-corrected chi connectivity index (χ4v) is 5.69. The largest absolute Gasteiger partial charge is 0.475 e. The number of hydrogen-bond acceptors (Lipinski definition) is 5. The van der Waals surface area contributed by atoms with Gasteiger partial charge in [0.15, 0.2) is 0 Å². The molecule has 3 fully saturated rings. The van der Waals surface area contributed by atoms with E-state index in [0.717, 1.165) is 34.5 Å². The Morgan fingerprint density at radius 1 is 1.23 bits per heavy atom. The monoisotopic (exact) mass is 437 g/mol. The molecule has 160 valence electrons. The summed E-state index contributed by atoms with van der Waals surface area (Å²) in [5.74, 6) is 0.862. The van der Waals surface area contributed by atoms with Gasteiger partial charge in [-0.2, -0.15) is 0 Å². The quantitative estimate of drug-likeness (QED) is 0.566. The lowest BCUT2D eigenvalue weighted by Gasteiger charge is -2.56. The fraction of sp³-hybridized carbons (Fsp3) is 0.375. The van der Waals surface area contributed by atoms with E-state index in [1.807, 2.05) is 42.2 Å². The Balaban J connectivity index is 1.43. The molecule has 0 spiro atoms. The van der Waals surface area contributed by atoms with E-state index in [1.54, 1.807) is 11.3 Å². The van der Waals surface area contributed by atoms with Crippen molar-refractivity contribution in [2.24, 2.45) is 11.8 Å². The lowest BCUT2D eigenvalue weighted by molar-refractivity contribution is -0.0676. The van der Waals surface area contributed by atoms with Crippen molar-refractivity contribution in [3.63, 3.8) is 0 Å². The van der Waals surface area contributed by atoms with E-state index in [4.69, 9.17) is 4.74 Å². The standard InChI is InChI=1S/C24H24FN3O2S/c1-14-17-10-19(11-17)28(20(14)13-30-21-9-8-18(25)12-26-21)24(29)22-23(31-15(2)27-22)16-6-4-3-5-7-16/h3-9,12,14,17,19-20H,10-11,13H2,1-2H3/t14-,17?,19?,20+/m1/s1. The van der Waals surface area contributed by atoms with Gasteiger partial charge in [-0.15, -0.1) is 11.3 Å². The Hall–Kier alpha value is -2.80. The molecular weight excluding hydrogens is 413 g/mol. The van der Waals surface area contributed by atoms with E-state index in [0.29, 0.717) is 30.0 Å². The molecule has 4 heterocycles. The number of carbonyl (C=O) groups excluding carboxylic acids is 1. The smallest absolute Gasteiger partial charge is 0.274 e. The highest BCUT2D eigenvalue weighted by atomic mass is 32.1. The molecule has 2 saturated heterocycles. The van der Waals surface area contributed by atoms with Crippen molar-refractivity contribution < 1.29 is 13.9 Å². The number of aromatic nitrogens is 2. The molecule has 1 saturated carbocycles. The zero-order valence-corrected chi connectivity index (χ0v) is 18.3. The highest BCUT2D eigenvalue weighted by Gasteiger charge is 2.51. The zero-order chi connectivity index (χ0) is 21.5. The normalized spacial score (nSPS) is 24.5. The molecule has 7 heteroatoms. The van der Waals surface area contributed by atoms with Crippen LogP contribution >= 0.6 is 11.3 Å². The van der Waals surface area contributed by atoms with Crippen molar-refractivity contribution in [3.05, 3.63) is 65.2 Å². The molecule has 1 aromatic carbocycles. The van der Waals surface area contributed by atoms with E-state index >= 15 is 0 Å². The molecule has 2 aromatic heterocycles. The highest BCUT2D eigenvalue weighted by Crippen LogP contribution is 2.47. The van der Waals surface area contributed by atoms with Gasteiger partial charge in [-0.1, -0.05) is 37.3 Å². The van der Waals surface area contributed by atoms with Crippen molar-refractivity contribution in [1.82, 2.24) is 14.9 Å². The molecular formula is C24H24FN3O2S. The molecule has 3 aromatic rings. The van der Waals surface area contributed by atoms with Gasteiger partial charge in [0, 0.05) is 12.1 Å². The summed E-state index contributed by atoms with van der Waals surface area (Å²) in [4.78, 5) is 25.3. The number of hydrogen-bond donors (Lipinski definition) is 0. The maximum atomic E-state index is 13.8. The van der Waals surface area contributed by atoms with Crippen molar-refractivity contribution in [2.45, 2.75) is 38.8 Å². The van der Waals surface area contributed by atoms with Crippen LogP contribution in [0.25, 0.3) is 10.4 Å². The second-order valence-corrected chi connectivity index (χ2v) is 9.63. The van der Waals surface area contributed by atoms with Crippen molar-refractivity contribution >= 4 is 17.2 Å². The van der Waals surface area contributed by atoms with Gasteiger partial charge < -0.3 is 9.64 Å². The van der Waals surface area contributed by atoms with Crippen LogP contribution in [0.2, 0.25) is 0 Å². The van der Waals surface area contributed by atoms with Crippen LogP contribution < -0.4 is 4.74 Å². The third-order valence-electron chi connectivity index (χ3n) is 6.56. The van der Waals surface area contributed by atoms with Crippen molar-refractivity contribution in [3.8, 4) is 16.3 Å². The lowest BCUT2D eigenvalue weighted by atomic mass is 9.64. The van der Waals surface area contributed by atoms with Gasteiger partial charge in [0.2, 0.25) is 5.88 Å². The topological polar surface area (TPSA) is 55.3 Å². The Labute approximate surface area is 184 Å². The first-order valence-electron chi connectivity index (χ1n) is 10.6. The lowest BCUT2D eigenvalue weighted by Crippen LogP contribution is -2.64. The van der Waals surface area contributed by atoms with Crippen LogP contribution in [-0.4, -0.2) is 39.5 Å². The van der Waals surface area contributed by atoms with Crippen LogP contribution in [0.1, 0.15) is 35.3 Å². The number of rotatable bonds is 5. The Kier molecular flexibility index (Phi) is 5.22. The van der Waals surface area contributed by atoms with E-state index in [2.05, 4.69) is 16.9 Å². The number of ether oxygens (including phenoxy) is 1. The number of pyridine rings is 1. The molecule has 2 aliphatic heterocycles. The third kappa shape index (κ3) is 3.71. The van der Waals surface area contributed by atoms with Gasteiger partial charge in [-0.05, 0) is 43.2 Å². The van der Waals surface area contributed by atoms with E-state index in [1.165, 1.54) is 12.1 Å². The average molecular weight is 438 g/mol. The maximum absolute atomic E-state index is 13.8. The molecule has 0 radical (unpaired) electrons. The number of aryl methyl sites for hydroxylation is 1. The Bertz CT molecular complexity index is 1080. The maximum Gasteiger partial charge on any atom is 0.274 e. The van der Waals surface area contributed by atoms with Gasteiger partial charge in [-0.25, -0.2) is 14.4 Å². The van der Waals surface area contributed by atoms with Gasteiger partial charge in [0.05, 0.1) is 22.1 Å². The van der Waals surface area contributed by atoms with Gasteiger partial charge >= 0.3 is 0 Å². The molecule has 2 bridgehead atoms. The van der Waals surface area contributed by atoms with Crippen molar-refractivity contribution in [2.75, 3.05) is 6.61 Å². The second kappa shape index (κ2) is 8.04. The summed E-state index contributed by atoms with van der Waals surface area (Å²) < 4.78 is 19.0. The van der Waals surface area contributed by atoms with Crippen LogP contribution in [-0.2, 0) is 0 Å². The van der Waals surface area contributed by atoms with Crippen LogP contribution in [0, 0.1) is 24.6 Å². The van der Waals surface area contributed by atoms with Crippen LogP contribution in [0.15, 0.2) is 48.7 Å². The second-order valence-electron chi connectivity index (χ2n) is 8.43. The molecule has 6 rings (SSSR count). The number of amides is 1. The van der Waals surface area contributed by atoms with Crippen LogP contribution in [0.5, 0.6) is 5.88 Å². The minimum absolute atomic E-state index is 0.0288. The van der Waals surface area contributed by atoms with Gasteiger partial charge in [0.1, 0.15) is 18.1 Å². The minimum Gasteiger partial charge on any atom is -0.475 e. The molecule has 1 aliphatic carbocycles.